The third-order valence-corrected chi connectivity index (χ3v) is 3.16. The van der Waals surface area contributed by atoms with Gasteiger partial charge >= 0.3 is 0 Å². The van der Waals surface area contributed by atoms with E-state index in [1.165, 1.54) is 0 Å². The first-order chi connectivity index (χ1) is 8.65. The highest BCUT2D eigenvalue weighted by Gasteiger charge is 2.15. The largest absolute Gasteiger partial charge is 0.395 e. The number of unbranched alkanes of at least 4 members (excludes halogenated alkanes) is 1. The molecule has 3 atom stereocenters. The predicted molar refractivity (Wildman–Crippen MR) is 72.9 cm³/mol. The highest BCUT2D eigenvalue weighted by molar-refractivity contribution is 5.19. The second-order valence-electron chi connectivity index (χ2n) is 4.73. The standard InChI is InChI=1S/C14H24N2O2/c15-12(10-17)8-4-5-9-13(18)14(16)11-6-2-1-3-7-11/h1-3,6-7,12-14,17-18H,4-5,8-10,15-16H2/t12?,13-,14+/m1/s1. The summed E-state index contributed by atoms with van der Waals surface area (Å²) in [6, 6.07) is 9.14. The Balaban J connectivity index is 2.26. The van der Waals surface area contributed by atoms with Gasteiger partial charge in [0, 0.05) is 6.04 Å². The van der Waals surface area contributed by atoms with E-state index >= 15 is 0 Å². The molecule has 0 aromatic heterocycles. The van der Waals surface area contributed by atoms with Gasteiger partial charge in [0.05, 0.1) is 18.8 Å². The maximum absolute atomic E-state index is 9.99. The zero-order valence-corrected chi connectivity index (χ0v) is 10.7. The molecular formula is C14H24N2O2. The molecule has 1 aromatic rings. The van der Waals surface area contributed by atoms with Gasteiger partial charge in [-0.05, 0) is 18.4 Å². The lowest BCUT2D eigenvalue weighted by atomic mass is 9.97. The highest BCUT2D eigenvalue weighted by atomic mass is 16.3. The molecule has 0 saturated heterocycles. The maximum Gasteiger partial charge on any atom is 0.0732 e. The van der Waals surface area contributed by atoms with Crippen LogP contribution in [0.5, 0.6) is 0 Å². The summed E-state index contributed by atoms with van der Waals surface area (Å²) in [6.07, 6.45) is 2.69. The molecule has 18 heavy (non-hydrogen) atoms. The summed E-state index contributed by atoms with van der Waals surface area (Å²) in [5.74, 6) is 0. The third kappa shape index (κ3) is 5.14. The van der Waals surface area contributed by atoms with Gasteiger partial charge in [0.1, 0.15) is 0 Å². The van der Waals surface area contributed by atoms with E-state index in [1.54, 1.807) is 0 Å². The molecule has 4 heteroatoms. The van der Waals surface area contributed by atoms with E-state index < -0.39 is 6.10 Å². The minimum atomic E-state index is -0.530. The lowest BCUT2D eigenvalue weighted by Crippen LogP contribution is -2.26. The van der Waals surface area contributed by atoms with Gasteiger partial charge in [-0.15, -0.1) is 0 Å². The Hall–Kier alpha value is -0.940. The normalized spacial score (nSPS) is 16.2. The summed E-state index contributed by atoms with van der Waals surface area (Å²) in [6.45, 7) is 0.0199. The van der Waals surface area contributed by atoms with Crippen LogP contribution in [0.25, 0.3) is 0 Å². The highest BCUT2D eigenvalue weighted by Crippen LogP contribution is 2.18. The Morgan fingerprint density at radius 2 is 1.61 bits per heavy atom. The molecule has 0 heterocycles. The van der Waals surface area contributed by atoms with Crippen molar-refractivity contribution in [3.05, 3.63) is 35.9 Å². The average Bonchev–Trinajstić information content (AvgIpc) is 2.43. The van der Waals surface area contributed by atoms with Crippen molar-refractivity contribution in [1.82, 2.24) is 0 Å². The zero-order chi connectivity index (χ0) is 13.4. The van der Waals surface area contributed by atoms with Crippen LogP contribution in [0.4, 0.5) is 0 Å². The monoisotopic (exact) mass is 252 g/mol. The summed E-state index contributed by atoms with van der Waals surface area (Å²) in [5.41, 5.74) is 12.6. The molecule has 0 aliphatic carbocycles. The molecule has 0 bridgehead atoms. The molecule has 0 spiro atoms. The van der Waals surface area contributed by atoms with Crippen molar-refractivity contribution in [2.45, 2.75) is 43.9 Å². The molecule has 4 nitrogen and oxygen atoms in total. The molecule has 1 rings (SSSR count). The van der Waals surface area contributed by atoms with Crippen LogP contribution in [0.2, 0.25) is 0 Å². The van der Waals surface area contributed by atoms with Gasteiger partial charge in [-0.1, -0.05) is 43.2 Å². The Morgan fingerprint density at radius 1 is 1.00 bits per heavy atom. The average molecular weight is 252 g/mol. The quantitative estimate of drug-likeness (QED) is 0.518. The molecule has 0 aliphatic rings. The summed E-state index contributed by atoms with van der Waals surface area (Å²) in [7, 11) is 0. The van der Waals surface area contributed by atoms with E-state index in [1.807, 2.05) is 30.3 Å². The van der Waals surface area contributed by atoms with Gasteiger partial charge in [-0.2, -0.15) is 0 Å². The van der Waals surface area contributed by atoms with Crippen LogP contribution in [-0.4, -0.2) is 29.0 Å². The second-order valence-corrected chi connectivity index (χ2v) is 4.73. The van der Waals surface area contributed by atoms with Crippen LogP contribution >= 0.6 is 0 Å². The Kier molecular flexibility index (Phi) is 6.90. The van der Waals surface area contributed by atoms with Crippen LogP contribution < -0.4 is 11.5 Å². The molecule has 0 amide bonds. The van der Waals surface area contributed by atoms with Crippen LogP contribution in [0.1, 0.15) is 37.3 Å². The van der Waals surface area contributed by atoms with Crippen LogP contribution in [0.3, 0.4) is 0 Å². The topological polar surface area (TPSA) is 92.5 Å². The van der Waals surface area contributed by atoms with Gasteiger partial charge < -0.3 is 21.7 Å². The molecule has 0 saturated carbocycles. The number of hydrogen-bond donors (Lipinski definition) is 4. The molecule has 1 aromatic carbocycles. The molecule has 102 valence electrons. The first-order valence-electron chi connectivity index (χ1n) is 6.50. The summed E-state index contributed by atoms with van der Waals surface area (Å²) in [4.78, 5) is 0. The van der Waals surface area contributed by atoms with E-state index in [2.05, 4.69) is 0 Å². The van der Waals surface area contributed by atoms with E-state index in [-0.39, 0.29) is 18.7 Å². The number of benzene rings is 1. The lowest BCUT2D eigenvalue weighted by molar-refractivity contribution is 0.131. The van der Waals surface area contributed by atoms with Crippen molar-refractivity contribution < 1.29 is 10.2 Å². The SMILES string of the molecule is NC(CO)CCCC[C@@H](O)[C@@H](N)c1ccccc1. The number of aliphatic hydroxyl groups excluding tert-OH is 2. The van der Waals surface area contributed by atoms with Gasteiger partial charge in [0.15, 0.2) is 0 Å². The first-order valence-corrected chi connectivity index (χ1v) is 6.50. The molecule has 1 unspecified atom stereocenters. The van der Waals surface area contributed by atoms with E-state index in [9.17, 15) is 5.11 Å². The second kappa shape index (κ2) is 8.21. The minimum Gasteiger partial charge on any atom is -0.395 e. The molecule has 0 radical (unpaired) electrons. The van der Waals surface area contributed by atoms with Gasteiger partial charge in [0.2, 0.25) is 0 Å². The number of hydrogen-bond acceptors (Lipinski definition) is 4. The molecule has 0 fully saturated rings. The van der Waals surface area contributed by atoms with E-state index in [0.717, 1.165) is 24.8 Å². The Bertz CT molecular complexity index is 319. The first kappa shape index (κ1) is 15.1. The van der Waals surface area contributed by atoms with Crippen LogP contribution in [0, 0.1) is 0 Å². The predicted octanol–water partition coefficient (Wildman–Crippen LogP) is 0.927. The van der Waals surface area contributed by atoms with E-state index in [4.69, 9.17) is 16.6 Å². The van der Waals surface area contributed by atoms with Crippen LogP contribution in [0.15, 0.2) is 30.3 Å². The molecule has 6 N–H and O–H groups in total. The van der Waals surface area contributed by atoms with Crippen molar-refractivity contribution in [3.8, 4) is 0 Å². The fourth-order valence-electron chi connectivity index (χ4n) is 1.93. The van der Waals surface area contributed by atoms with Crippen LogP contribution in [-0.2, 0) is 0 Å². The fraction of sp³-hybridized carbons (Fsp3) is 0.571. The fourth-order valence-corrected chi connectivity index (χ4v) is 1.93. The third-order valence-electron chi connectivity index (χ3n) is 3.16. The summed E-state index contributed by atoms with van der Waals surface area (Å²) >= 11 is 0. The Labute approximate surface area is 109 Å². The van der Waals surface area contributed by atoms with E-state index in [0.29, 0.717) is 6.42 Å². The van der Waals surface area contributed by atoms with Crippen molar-refractivity contribution in [1.29, 1.82) is 0 Å². The zero-order valence-electron chi connectivity index (χ0n) is 10.7. The minimum absolute atomic E-state index is 0.0199. The van der Waals surface area contributed by atoms with Gasteiger partial charge in [-0.3, -0.25) is 0 Å². The lowest BCUT2D eigenvalue weighted by Gasteiger charge is -2.19. The number of nitrogens with two attached hydrogens (primary N) is 2. The summed E-state index contributed by atoms with van der Waals surface area (Å²) < 4.78 is 0. The van der Waals surface area contributed by atoms with Gasteiger partial charge in [-0.25, -0.2) is 0 Å². The smallest absolute Gasteiger partial charge is 0.0732 e. The molecule has 0 aliphatic heterocycles. The van der Waals surface area contributed by atoms with Gasteiger partial charge in [0.25, 0.3) is 0 Å². The Morgan fingerprint density at radius 3 is 2.22 bits per heavy atom. The maximum atomic E-state index is 9.99. The van der Waals surface area contributed by atoms with Crippen molar-refractivity contribution in [2.75, 3.05) is 6.61 Å². The number of rotatable bonds is 8. The molecular weight excluding hydrogens is 228 g/mol. The number of aliphatic hydroxyl groups is 2. The van der Waals surface area contributed by atoms with Crippen molar-refractivity contribution >= 4 is 0 Å². The van der Waals surface area contributed by atoms with Crippen molar-refractivity contribution in [2.24, 2.45) is 11.5 Å². The van der Waals surface area contributed by atoms with Crippen molar-refractivity contribution in [3.63, 3.8) is 0 Å². The summed E-state index contributed by atoms with van der Waals surface area (Å²) in [5, 5.41) is 18.8.